The zero-order valence-corrected chi connectivity index (χ0v) is 12.5. The van der Waals surface area contributed by atoms with E-state index < -0.39 is 0 Å². The molecule has 0 saturated heterocycles. The van der Waals surface area contributed by atoms with E-state index in [0.717, 1.165) is 12.8 Å². The number of aromatic nitrogens is 2. The van der Waals surface area contributed by atoms with Crippen LogP contribution in [0.25, 0.3) is 0 Å². The van der Waals surface area contributed by atoms with E-state index in [0.29, 0.717) is 11.3 Å². The van der Waals surface area contributed by atoms with Gasteiger partial charge in [-0.15, -0.1) is 0 Å². The topological polar surface area (TPSA) is 25.8 Å². The fraction of sp³-hybridized carbons (Fsp3) is 0.750. The maximum atomic E-state index is 4.53. The molecular weight excluding hydrogens is 220 g/mol. The third-order valence-corrected chi connectivity index (χ3v) is 5.12. The molecule has 0 amide bonds. The van der Waals surface area contributed by atoms with E-state index in [1.54, 1.807) is 6.33 Å². The van der Waals surface area contributed by atoms with Gasteiger partial charge in [-0.1, -0.05) is 34.6 Å². The lowest BCUT2D eigenvalue weighted by molar-refractivity contribution is 0.0801. The fourth-order valence-electron chi connectivity index (χ4n) is 3.35. The van der Waals surface area contributed by atoms with Crippen molar-refractivity contribution >= 4 is 0 Å². The van der Waals surface area contributed by atoms with Gasteiger partial charge >= 0.3 is 0 Å². The smallest absolute Gasteiger partial charge is 0.115 e. The van der Waals surface area contributed by atoms with Gasteiger partial charge in [0.1, 0.15) is 6.33 Å². The van der Waals surface area contributed by atoms with Gasteiger partial charge in [-0.25, -0.2) is 9.97 Å². The zero-order chi connectivity index (χ0) is 13.4. The predicted octanol–water partition coefficient (Wildman–Crippen LogP) is 4.04. The van der Waals surface area contributed by atoms with Crippen LogP contribution in [-0.4, -0.2) is 9.97 Å². The van der Waals surface area contributed by atoms with Crippen molar-refractivity contribution in [2.75, 3.05) is 0 Å². The first-order valence-corrected chi connectivity index (χ1v) is 7.11. The molecule has 2 rings (SSSR count). The Bertz CT molecular complexity index is 421. The Kier molecular flexibility index (Phi) is 3.48. The summed E-state index contributed by atoms with van der Waals surface area (Å²) in [7, 11) is 0. The summed E-state index contributed by atoms with van der Waals surface area (Å²) in [6.45, 7) is 12.0. The van der Waals surface area contributed by atoms with Crippen molar-refractivity contribution < 1.29 is 0 Å². The van der Waals surface area contributed by atoms with Crippen molar-refractivity contribution in [2.45, 2.75) is 60.3 Å². The zero-order valence-electron chi connectivity index (χ0n) is 12.5. The molecule has 0 fully saturated rings. The molecule has 0 N–H and O–H groups in total. The highest BCUT2D eigenvalue weighted by atomic mass is 14.8. The number of nitrogens with zero attached hydrogens (tertiary/aromatic N) is 2. The summed E-state index contributed by atoms with van der Waals surface area (Å²) in [5.74, 6) is 0.686. The van der Waals surface area contributed by atoms with Crippen molar-refractivity contribution in [1.82, 2.24) is 9.97 Å². The molecule has 0 saturated carbocycles. The van der Waals surface area contributed by atoms with Crippen LogP contribution in [0, 0.1) is 16.7 Å². The van der Waals surface area contributed by atoms with Gasteiger partial charge in [0.25, 0.3) is 0 Å². The highest BCUT2D eigenvalue weighted by molar-refractivity contribution is 5.18. The van der Waals surface area contributed by atoms with Crippen LogP contribution in [-0.2, 0) is 12.8 Å². The normalized spacial score (nSPS) is 26.6. The first-order valence-electron chi connectivity index (χ1n) is 7.11. The molecule has 0 aliphatic heterocycles. The van der Waals surface area contributed by atoms with Crippen LogP contribution < -0.4 is 0 Å². The van der Waals surface area contributed by atoms with Crippen molar-refractivity contribution in [3.8, 4) is 0 Å². The second kappa shape index (κ2) is 4.64. The summed E-state index contributed by atoms with van der Waals surface area (Å²) in [4.78, 5) is 8.72. The quantitative estimate of drug-likeness (QED) is 0.690. The van der Waals surface area contributed by atoms with Crippen LogP contribution >= 0.6 is 0 Å². The average molecular weight is 246 g/mol. The van der Waals surface area contributed by atoms with Crippen LogP contribution in [0.15, 0.2) is 12.5 Å². The van der Waals surface area contributed by atoms with E-state index in [1.807, 2.05) is 6.20 Å². The molecular formula is C16H26N2. The summed E-state index contributed by atoms with van der Waals surface area (Å²) < 4.78 is 0. The minimum atomic E-state index is 0.289. The SMILES string of the molecule is CC1C(C)(C)CCCc2cncnc2CC1(C)C. The lowest BCUT2D eigenvalue weighted by Gasteiger charge is -2.42. The largest absolute Gasteiger partial charge is 0.245 e. The summed E-state index contributed by atoms with van der Waals surface area (Å²) in [6, 6.07) is 0. The number of hydrogen-bond acceptors (Lipinski definition) is 2. The van der Waals surface area contributed by atoms with E-state index in [2.05, 4.69) is 44.6 Å². The van der Waals surface area contributed by atoms with E-state index in [9.17, 15) is 0 Å². The second-order valence-corrected chi connectivity index (χ2v) is 7.22. The molecule has 18 heavy (non-hydrogen) atoms. The standard InChI is InChI=1S/C16H26N2/c1-12-15(2,3)8-6-7-13-10-17-11-18-14(13)9-16(12,4)5/h10-12H,6-9H2,1-5H3. The van der Waals surface area contributed by atoms with Gasteiger partial charge in [-0.2, -0.15) is 0 Å². The lowest BCUT2D eigenvalue weighted by atomic mass is 9.63. The first-order chi connectivity index (χ1) is 8.33. The molecule has 2 nitrogen and oxygen atoms in total. The summed E-state index contributed by atoms with van der Waals surface area (Å²) in [5, 5.41) is 0. The maximum absolute atomic E-state index is 4.53. The highest BCUT2D eigenvalue weighted by Gasteiger charge is 2.38. The van der Waals surface area contributed by atoms with Crippen molar-refractivity contribution in [2.24, 2.45) is 16.7 Å². The third-order valence-electron chi connectivity index (χ3n) is 5.12. The second-order valence-electron chi connectivity index (χ2n) is 7.22. The van der Waals surface area contributed by atoms with Crippen LogP contribution in [0.2, 0.25) is 0 Å². The first kappa shape index (κ1) is 13.5. The van der Waals surface area contributed by atoms with E-state index >= 15 is 0 Å². The number of aryl methyl sites for hydroxylation is 1. The molecule has 1 aromatic rings. The Morgan fingerprint density at radius 1 is 1.17 bits per heavy atom. The van der Waals surface area contributed by atoms with Crippen LogP contribution in [0.5, 0.6) is 0 Å². The summed E-state index contributed by atoms with van der Waals surface area (Å²) in [5.41, 5.74) is 3.31. The van der Waals surface area contributed by atoms with Crippen molar-refractivity contribution in [1.29, 1.82) is 0 Å². The minimum absolute atomic E-state index is 0.289. The van der Waals surface area contributed by atoms with Gasteiger partial charge in [0.2, 0.25) is 0 Å². The van der Waals surface area contributed by atoms with E-state index in [-0.39, 0.29) is 5.41 Å². The Morgan fingerprint density at radius 3 is 2.61 bits per heavy atom. The minimum Gasteiger partial charge on any atom is -0.245 e. The van der Waals surface area contributed by atoms with Gasteiger partial charge in [0, 0.05) is 11.9 Å². The highest BCUT2D eigenvalue weighted by Crippen LogP contribution is 2.45. The lowest BCUT2D eigenvalue weighted by Crippen LogP contribution is -2.35. The van der Waals surface area contributed by atoms with Crippen molar-refractivity contribution in [3.05, 3.63) is 23.8 Å². The molecule has 1 aliphatic carbocycles. The molecule has 0 aromatic carbocycles. The van der Waals surface area contributed by atoms with Gasteiger partial charge < -0.3 is 0 Å². The maximum Gasteiger partial charge on any atom is 0.115 e. The van der Waals surface area contributed by atoms with Gasteiger partial charge in [0.15, 0.2) is 0 Å². The van der Waals surface area contributed by atoms with E-state index in [4.69, 9.17) is 0 Å². The number of hydrogen-bond donors (Lipinski definition) is 0. The summed E-state index contributed by atoms with van der Waals surface area (Å²) in [6.07, 6.45) is 8.43. The number of fused-ring (bicyclic) bond motifs is 1. The molecule has 2 heteroatoms. The Morgan fingerprint density at radius 2 is 1.89 bits per heavy atom. The predicted molar refractivity (Wildman–Crippen MR) is 75.4 cm³/mol. The molecule has 1 aliphatic rings. The van der Waals surface area contributed by atoms with Gasteiger partial charge in [0.05, 0.1) is 0 Å². The Hall–Kier alpha value is -0.920. The van der Waals surface area contributed by atoms with Crippen LogP contribution in [0.4, 0.5) is 0 Å². The molecule has 100 valence electrons. The number of rotatable bonds is 0. The molecule has 0 bridgehead atoms. The molecule has 0 radical (unpaired) electrons. The molecule has 1 heterocycles. The third kappa shape index (κ3) is 2.57. The van der Waals surface area contributed by atoms with Crippen molar-refractivity contribution in [3.63, 3.8) is 0 Å². The molecule has 1 atom stereocenters. The molecule has 1 aromatic heterocycles. The summed E-state index contributed by atoms with van der Waals surface area (Å²) >= 11 is 0. The molecule has 1 unspecified atom stereocenters. The van der Waals surface area contributed by atoms with E-state index in [1.165, 1.54) is 24.1 Å². The Labute approximate surface area is 111 Å². The Balaban J connectivity index is 2.39. The fourth-order valence-corrected chi connectivity index (χ4v) is 3.35. The average Bonchev–Trinajstić information content (AvgIpc) is 2.31. The van der Waals surface area contributed by atoms with Gasteiger partial charge in [-0.05, 0) is 48.0 Å². The molecule has 0 spiro atoms. The van der Waals surface area contributed by atoms with Crippen LogP contribution in [0.1, 0.15) is 58.7 Å². The van der Waals surface area contributed by atoms with Crippen LogP contribution in [0.3, 0.4) is 0 Å². The monoisotopic (exact) mass is 246 g/mol. The van der Waals surface area contributed by atoms with Gasteiger partial charge in [-0.3, -0.25) is 0 Å².